The van der Waals surface area contributed by atoms with Gasteiger partial charge in [0.05, 0.1) is 33.8 Å². The van der Waals surface area contributed by atoms with Crippen LogP contribution in [0.1, 0.15) is 432 Å². The van der Waals surface area contributed by atoms with Gasteiger partial charge in [-0.2, -0.15) is 0 Å². The van der Waals surface area contributed by atoms with Crippen molar-refractivity contribution in [1.29, 1.82) is 0 Å². The van der Waals surface area contributed by atoms with Crippen LogP contribution in [0.3, 0.4) is 0 Å². The van der Waals surface area contributed by atoms with E-state index in [9.17, 15) is 19.0 Å². The van der Waals surface area contributed by atoms with Crippen LogP contribution >= 0.6 is 7.82 Å². The lowest BCUT2D eigenvalue weighted by Crippen LogP contribution is -2.47. The number of allylic oxidation sites excluding steroid dienone is 3. The SMILES string of the molecule is CCCCCCCC/C=C/CCCCCCCCCCCCCCCCCCCC(=O)OC(/C=C/CCCCCCCCCCCCC)C(COP(=O)(O)OCC[N+](C)(C)C)NC(=O)CCCCCCCCCCCCCCCCCCCCCCCCCCC. The molecule has 9 nitrogen and oxygen atoms in total. The molecule has 1 amide bonds. The van der Waals surface area contributed by atoms with Gasteiger partial charge in [-0.25, -0.2) is 4.57 Å². The third-order valence-electron chi connectivity index (χ3n) is 18.9. The molecule has 0 radical (unpaired) electrons. The van der Waals surface area contributed by atoms with Crippen molar-refractivity contribution in [2.45, 2.75) is 444 Å². The second kappa shape index (κ2) is 71.3. The fourth-order valence-electron chi connectivity index (χ4n) is 12.6. The summed E-state index contributed by atoms with van der Waals surface area (Å²) in [6.07, 6.45) is 89.4. The molecule has 0 fully saturated rings. The van der Waals surface area contributed by atoms with Crippen LogP contribution in [0.2, 0.25) is 0 Å². The number of esters is 1. The van der Waals surface area contributed by atoms with Gasteiger partial charge in [0, 0.05) is 12.8 Å². The Morgan fingerprint density at radius 1 is 0.374 bits per heavy atom. The van der Waals surface area contributed by atoms with Crippen molar-refractivity contribution in [3.63, 3.8) is 0 Å². The highest BCUT2D eigenvalue weighted by molar-refractivity contribution is 7.47. The van der Waals surface area contributed by atoms with E-state index in [4.69, 9.17) is 13.8 Å². The number of amides is 1. The Morgan fingerprint density at radius 3 is 0.934 bits per heavy atom. The van der Waals surface area contributed by atoms with Crippen LogP contribution in [0.15, 0.2) is 24.3 Å². The monoisotopic (exact) mass is 1300 g/mol. The van der Waals surface area contributed by atoms with Crippen molar-refractivity contribution in [3.8, 4) is 0 Å². The first-order valence-electron chi connectivity index (χ1n) is 40.7. The number of nitrogens with zero attached hydrogens (tertiary/aromatic N) is 1. The molecule has 540 valence electrons. The molecule has 2 N–H and O–H groups in total. The number of hydrogen-bond acceptors (Lipinski definition) is 6. The van der Waals surface area contributed by atoms with Crippen LogP contribution in [0.25, 0.3) is 0 Å². The average Bonchev–Trinajstić information content (AvgIpc) is 3.73. The molecule has 0 saturated heterocycles. The van der Waals surface area contributed by atoms with Crippen molar-refractivity contribution in [2.75, 3.05) is 40.9 Å². The molecule has 0 aromatic rings. The molecule has 0 heterocycles. The van der Waals surface area contributed by atoms with E-state index in [1.54, 1.807) is 0 Å². The summed E-state index contributed by atoms with van der Waals surface area (Å²) >= 11 is 0. The number of likely N-dealkylation sites (N-methyl/N-ethyl adjacent to an activating group) is 1. The fourth-order valence-corrected chi connectivity index (χ4v) is 13.4. The number of ether oxygens (including phenoxy) is 1. The molecule has 0 bridgehead atoms. The Labute approximate surface area is 568 Å². The van der Waals surface area contributed by atoms with Crippen LogP contribution in [-0.4, -0.2) is 74.3 Å². The van der Waals surface area contributed by atoms with Crippen LogP contribution < -0.4 is 5.32 Å². The summed E-state index contributed by atoms with van der Waals surface area (Å²) < 4.78 is 31.0. The third kappa shape index (κ3) is 72.6. The van der Waals surface area contributed by atoms with Gasteiger partial charge in [0.25, 0.3) is 0 Å². The summed E-state index contributed by atoms with van der Waals surface area (Å²) in [5.41, 5.74) is 0. The minimum Gasteiger partial charge on any atom is -0.456 e. The quantitative estimate of drug-likeness (QED) is 0.0205. The molecule has 0 aromatic carbocycles. The Bertz CT molecular complexity index is 1600. The zero-order valence-corrected chi connectivity index (χ0v) is 63.0. The molecular weight excluding hydrogens is 1140 g/mol. The van der Waals surface area contributed by atoms with Crippen LogP contribution in [0.4, 0.5) is 0 Å². The lowest BCUT2D eigenvalue weighted by Gasteiger charge is -2.27. The van der Waals surface area contributed by atoms with Gasteiger partial charge >= 0.3 is 13.8 Å². The summed E-state index contributed by atoms with van der Waals surface area (Å²) in [7, 11) is 1.53. The summed E-state index contributed by atoms with van der Waals surface area (Å²) in [5, 5.41) is 3.09. The van der Waals surface area contributed by atoms with Gasteiger partial charge in [0.15, 0.2) is 0 Å². The van der Waals surface area contributed by atoms with E-state index in [0.29, 0.717) is 23.9 Å². The van der Waals surface area contributed by atoms with Gasteiger partial charge in [-0.15, -0.1) is 0 Å². The second-order valence-electron chi connectivity index (χ2n) is 29.3. The van der Waals surface area contributed by atoms with Gasteiger partial charge in [0.1, 0.15) is 19.3 Å². The largest absolute Gasteiger partial charge is 0.472 e. The summed E-state index contributed by atoms with van der Waals surface area (Å²) in [4.78, 5) is 38.1. The minimum absolute atomic E-state index is 0.0453. The van der Waals surface area contributed by atoms with Gasteiger partial charge in [0.2, 0.25) is 5.91 Å². The Morgan fingerprint density at radius 2 is 0.637 bits per heavy atom. The molecule has 0 spiro atoms. The number of hydrogen-bond donors (Lipinski definition) is 2. The molecule has 0 aliphatic carbocycles. The Balaban J connectivity index is 4.90. The number of unbranched alkanes of at least 4 members (excludes halogenated alkanes) is 58. The lowest BCUT2D eigenvalue weighted by molar-refractivity contribution is -0.870. The van der Waals surface area contributed by atoms with Gasteiger partial charge in [-0.05, 0) is 57.4 Å². The Kier molecular flexibility index (Phi) is 70.1. The lowest BCUT2D eigenvalue weighted by atomic mass is 10.0. The van der Waals surface area contributed by atoms with Crippen molar-refractivity contribution in [2.24, 2.45) is 0 Å². The van der Waals surface area contributed by atoms with Crippen molar-refractivity contribution >= 4 is 19.7 Å². The number of carbonyl (C=O) groups is 2. The topological polar surface area (TPSA) is 111 Å². The fraction of sp³-hybridized carbons (Fsp3) is 0.926. The molecule has 0 aliphatic heterocycles. The summed E-state index contributed by atoms with van der Waals surface area (Å²) in [5.74, 6) is -0.474. The molecule has 0 rings (SSSR count). The molecule has 3 atom stereocenters. The molecule has 0 aliphatic rings. The maximum Gasteiger partial charge on any atom is 0.472 e. The smallest absolute Gasteiger partial charge is 0.456 e. The van der Waals surface area contributed by atoms with E-state index >= 15 is 0 Å². The van der Waals surface area contributed by atoms with Crippen molar-refractivity contribution < 1.29 is 37.3 Å². The van der Waals surface area contributed by atoms with Crippen molar-refractivity contribution in [3.05, 3.63) is 24.3 Å². The van der Waals surface area contributed by atoms with Gasteiger partial charge in [-0.1, -0.05) is 386 Å². The number of nitrogens with one attached hydrogen (secondary N) is 1. The highest BCUT2D eigenvalue weighted by atomic mass is 31.2. The summed E-state index contributed by atoms with van der Waals surface area (Å²) in [6.45, 7) is 7.10. The van der Waals surface area contributed by atoms with E-state index in [0.717, 1.165) is 57.8 Å². The zero-order chi connectivity index (χ0) is 66.3. The molecular formula is C81H160N2O7P+. The third-order valence-corrected chi connectivity index (χ3v) is 19.9. The predicted octanol–water partition coefficient (Wildman–Crippen LogP) is 26.4. The first-order valence-corrected chi connectivity index (χ1v) is 42.2. The second-order valence-corrected chi connectivity index (χ2v) is 30.8. The minimum atomic E-state index is -4.45. The standard InChI is InChI=1S/C81H159N2O7P/c1-7-10-13-16-19-22-25-28-30-32-34-36-38-40-41-43-45-47-49-51-53-56-59-62-65-68-71-74-81(85)90-79(72-69-66-63-60-57-54-27-24-21-18-15-12-9-3)78(77-89-91(86,87)88-76-75-83(4,5)6)82-80(84)73-70-67-64-61-58-55-52-50-48-46-44-42-39-37-35-33-31-29-26-23-20-17-14-11-8-2/h28,30,69,72,78-79H,7-27,29,31-68,70-71,73-77H2,1-6H3,(H-,82,84,86,87)/p+1/b30-28+,72-69+. The Hall–Kier alpha value is -1.51. The van der Waals surface area contributed by atoms with Gasteiger partial charge < -0.3 is 19.4 Å². The average molecular weight is 1310 g/mol. The van der Waals surface area contributed by atoms with Gasteiger partial charge in [-0.3, -0.25) is 18.6 Å². The maximum atomic E-state index is 13.7. The van der Waals surface area contributed by atoms with E-state index in [1.807, 2.05) is 27.2 Å². The van der Waals surface area contributed by atoms with E-state index in [1.165, 1.54) is 340 Å². The molecule has 3 unspecified atom stereocenters. The van der Waals surface area contributed by atoms with Crippen LogP contribution in [0, 0.1) is 0 Å². The van der Waals surface area contributed by atoms with E-state index < -0.39 is 20.0 Å². The van der Waals surface area contributed by atoms with E-state index in [-0.39, 0.29) is 25.1 Å². The van der Waals surface area contributed by atoms with Crippen LogP contribution in [0.5, 0.6) is 0 Å². The maximum absolute atomic E-state index is 13.7. The molecule has 0 aromatic heterocycles. The number of rotatable bonds is 76. The predicted molar refractivity (Wildman–Crippen MR) is 397 cm³/mol. The highest BCUT2D eigenvalue weighted by Crippen LogP contribution is 2.43. The molecule has 0 saturated carbocycles. The number of carbonyl (C=O) groups excluding carboxylic acids is 2. The number of phosphoric ester groups is 1. The van der Waals surface area contributed by atoms with Crippen molar-refractivity contribution in [1.82, 2.24) is 5.32 Å². The normalized spacial score (nSPS) is 13.4. The van der Waals surface area contributed by atoms with Crippen LogP contribution in [-0.2, 0) is 27.9 Å². The molecule has 10 heteroatoms. The number of phosphoric acid groups is 1. The first-order chi connectivity index (χ1) is 44.4. The summed E-state index contributed by atoms with van der Waals surface area (Å²) in [6, 6.07) is -0.844. The number of quaternary nitrogens is 1. The zero-order valence-electron chi connectivity index (χ0n) is 62.1. The first kappa shape index (κ1) is 89.5. The molecule has 91 heavy (non-hydrogen) atoms. The van der Waals surface area contributed by atoms with E-state index in [2.05, 4.69) is 44.3 Å². The highest BCUT2D eigenvalue weighted by Gasteiger charge is 2.30.